The highest BCUT2D eigenvalue weighted by Crippen LogP contribution is 2.22. The summed E-state index contributed by atoms with van der Waals surface area (Å²) in [5.74, 6) is 0.720. The highest BCUT2D eigenvalue weighted by molar-refractivity contribution is 6.04. The molecule has 0 spiro atoms. The summed E-state index contributed by atoms with van der Waals surface area (Å²) < 4.78 is 5.20. The molecule has 0 bridgehead atoms. The highest BCUT2D eigenvalue weighted by Gasteiger charge is 2.32. The maximum atomic E-state index is 13.3. The summed E-state index contributed by atoms with van der Waals surface area (Å²) in [6.07, 6.45) is -0.167. The first-order valence-electron chi connectivity index (χ1n) is 9.96. The third-order valence-corrected chi connectivity index (χ3v) is 5.11. The SMILES string of the molecule is COc1ccc(C2=NOC(C(=O)N(Cc3ccccc3)Cc3ccccc3)C2)cc1. The van der Waals surface area contributed by atoms with Crippen LogP contribution in [-0.2, 0) is 22.7 Å². The topological polar surface area (TPSA) is 51.1 Å². The maximum absolute atomic E-state index is 13.3. The molecule has 5 heteroatoms. The van der Waals surface area contributed by atoms with E-state index in [2.05, 4.69) is 5.16 Å². The summed E-state index contributed by atoms with van der Waals surface area (Å²) >= 11 is 0. The number of amides is 1. The van der Waals surface area contributed by atoms with Crippen LogP contribution in [0.5, 0.6) is 5.75 Å². The molecule has 0 aromatic heterocycles. The van der Waals surface area contributed by atoms with Crippen LogP contribution in [0, 0.1) is 0 Å². The van der Waals surface area contributed by atoms with Crippen LogP contribution >= 0.6 is 0 Å². The zero-order chi connectivity index (χ0) is 20.8. The molecule has 1 heterocycles. The number of carbonyl (C=O) groups is 1. The first-order chi connectivity index (χ1) is 14.7. The van der Waals surface area contributed by atoms with E-state index in [1.165, 1.54) is 0 Å². The number of benzene rings is 3. The summed E-state index contributed by atoms with van der Waals surface area (Å²) in [6.45, 7) is 1.04. The van der Waals surface area contributed by atoms with Gasteiger partial charge in [-0.15, -0.1) is 0 Å². The van der Waals surface area contributed by atoms with Crippen molar-refractivity contribution < 1.29 is 14.4 Å². The van der Waals surface area contributed by atoms with Crippen LogP contribution in [0.1, 0.15) is 23.1 Å². The monoisotopic (exact) mass is 400 g/mol. The summed E-state index contributed by atoms with van der Waals surface area (Å²) in [7, 11) is 1.63. The minimum absolute atomic E-state index is 0.0602. The van der Waals surface area contributed by atoms with Crippen molar-refractivity contribution in [3.63, 3.8) is 0 Å². The Kier molecular flexibility index (Phi) is 6.09. The molecule has 1 amide bonds. The number of hydrogen-bond donors (Lipinski definition) is 0. The van der Waals surface area contributed by atoms with Crippen molar-refractivity contribution >= 4 is 11.6 Å². The van der Waals surface area contributed by atoms with Gasteiger partial charge in [-0.1, -0.05) is 65.8 Å². The van der Waals surface area contributed by atoms with Gasteiger partial charge >= 0.3 is 0 Å². The lowest BCUT2D eigenvalue weighted by atomic mass is 10.0. The number of methoxy groups -OCH3 is 1. The maximum Gasteiger partial charge on any atom is 0.267 e. The van der Waals surface area contributed by atoms with Gasteiger partial charge in [0.2, 0.25) is 6.10 Å². The highest BCUT2D eigenvalue weighted by atomic mass is 16.6. The van der Waals surface area contributed by atoms with Crippen LogP contribution < -0.4 is 4.74 Å². The first kappa shape index (κ1) is 19.7. The minimum Gasteiger partial charge on any atom is -0.497 e. The summed E-state index contributed by atoms with van der Waals surface area (Å²) in [5.41, 5.74) is 3.87. The third-order valence-electron chi connectivity index (χ3n) is 5.11. The number of ether oxygens (including phenoxy) is 1. The normalized spacial score (nSPS) is 15.2. The molecule has 1 atom stereocenters. The molecule has 3 aromatic rings. The summed E-state index contributed by atoms with van der Waals surface area (Å²) in [6, 6.07) is 27.6. The molecule has 4 rings (SSSR count). The van der Waals surface area contributed by atoms with Gasteiger partial charge in [-0.2, -0.15) is 0 Å². The zero-order valence-electron chi connectivity index (χ0n) is 16.9. The van der Waals surface area contributed by atoms with E-state index in [0.717, 1.165) is 28.2 Å². The molecule has 1 aliphatic heterocycles. The molecule has 5 nitrogen and oxygen atoms in total. The van der Waals surface area contributed by atoms with Crippen LogP contribution in [0.2, 0.25) is 0 Å². The van der Waals surface area contributed by atoms with Crippen LogP contribution in [0.15, 0.2) is 90.1 Å². The van der Waals surface area contributed by atoms with E-state index in [1.54, 1.807) is 7.11 Å². The van der Waals surface area contributed by atoms with E-state index in [4.69, 9.17) is 9.57 Å². The van der Waals surface area contributed by atoms with Crippen molar-refractivity contribution in [1.82, 2.24) is 4.90 Å². The molecule has 0 aliphatic carbocycles. The number of carbonyl (C=O) groups excluding carboxylic acids is 1. The molecular formula is C25H24N2O3. The Balaban J connectivity index is 1.48. The van der Waals surface area contributed by atoms with E-state index < -0.39 is 6.10 Å². The Morgan fingerprint density at radius 3 is 2.03 bits per heavy atom. The van der Waals surface area contributed by atoms with E-state index in [1.807, 2.05) is 89.8 Å². The van der Waals surface area contributed by atoms with E-state index in [0.29, 0.717) is 19.5 Å². The predicted molar refractivity (Wildman–Crippen MR) is 116 cm³/mol. The second-order valence-corrected chi connectivity index (χ2v) is 7.23. The summed E-state index contributed by atoms with van der Waals surface area (Å²) in [5, 5.41) is 4.19. The average molecular weight is 400 g/mol. The Morgan fingerprint density at radius 1 is 0.933 bits per heavy atom. The third kappa shape index (κ3) is 4.69. The van der Waals surface area contributed by atoms with Crippen LogP contribution in [-0.4, -0.2) is 29.7 Å². The molecule has 152 valence electrons. The number of hydrogen-bond acceptors (Lipinski definition) is 4. The van der Waals surface area contributed by atoms with Gasteiger partial charge in [0, 0.05) is 19.5 Å². The van der Waals surface area contributed by atoms with Gasteiger partial charge in [0.25, 0.3) is 5.91 Å². The van der Waals surface area contributed by atoms with Crippen molar-refractivity contribution in [2.75, 3.05) is 7.11 Å². The van der Waals surface area contributed by atoms with Crippen molar-refractivity contribution in [2.45, 2.75) is 25.6 Å². The lowest BCUT2D eigenvalue weighted by Gasteiger charge is -2.25. The Hall–Kier alpha value is -3.60. The molecule has 1 aliphatic rings. The second kappa shape index (κ2) is 9.27. The van der Waals surface area contributed by atoms with Crippen LogP contribution in [0.4, 0.5) is 0 Å². The lowest BCUT2D eigenvalue weighted by molar-refractivity contribution is -0.143. The van der Waals surface area contributed by atoms with Crippen molar-refractivity contribution in [3.05, 3.63) is 102 Å². The summed E-state index contributed by atoms with van der Waals surface area (Å²) in [4.78, 5) is 20.7. The van der Waals surface area contributed by atoms with Crippen LogP contribution in [0.3, 0.4) is 0 Å². The largest absolute Gasteiger partial charge is 0.497 e. The van der Waals surface area contributed by atoms with Gasteiger partial charge < -0.3 is 14.5 Å². The first-order valence-corrected chi connectivity index (χ1v) is 9.96. The quantitative estimate of drug-likeness (QED) is 0.590. The molecule has 3 aromatic carbocycles. The van der Waals surface area contributed by atoms with Crippen molar-refractivity contribution in [1.29, 1.82) is 0 Å². The number of rotatable bonds is 7. The zero-order valence-corrected chi connectivity index (χ0v) is 16.9. The molecule has 1 unspecified atom stereocenters. The molecule has 0 radical (unpaired) electrons. The standard InChI is InChI=1S/C25H24N2O3/c1-29-22-14-12-21(13-15-22)23-16-24(30-26-23)25(28)27(17-19-8-4-2-5-9-19)18-20-10-6-3-7-11-20/h2-15,24H,16-18H2,1H3. The fraction of sp³-hybridized carbons (Fsp3) is 0.200. The van der Waals surface area contributed by atoms with Gasteiger partial charge in [-0.25, -0.2) is 0 Å². The van der Waals surface area contributed by atoms with E-state index in [9.17, 15) is 4.79 Å². The molecule has 0 saturated carbocycles. The van der Waals surface area contributed by atoms with Gasteiger partial charge in [0.05, 0.1) is 12.8 Å². The van der Waals surface area contributed by atoms with Gasteiger partial charge in [-0.3, -0.25) is 4.79 Å². The number of nitrogens with zero attached hydrogens (tertiary/aromatic N) is 2. The molecule has 0 N–H and O–H groups in total. The number of oxime groups is 1. The molecule has 30 heavy (non-hydrogen) atoms. The van der Waals surface area contributed by atoms with Gasteiger partial charge in [-0.05, 0) is 41.0 Å². The fourth-order valence-electron chi connectivity index (χ4n) is 3.49. The van der Waals surface area contributed by atoms with Crippen LogP contribution in [0.25, 0.3) is 0 Å². The second-order valence-electron chi connectivity index (χ2n) is 7.23. The lowest BCUT2D eigenvalue weighted by Crippen LogP contribution is -2.38. The van der Waals surface area contributed by atoms with E-state index in [-0.39, 0.29) is 5.91 Å². The molecule has 0 fully saturated rings. The molecular weight excluding hydrogens is 376 g/mol. The Bertz CT molecular complexity index is 960. The predicted octanol–water partition coefficient (Wildman–Crippen LogP) is 4.42. The van der Waals surface area contributed by atoms with Gasteiger partial charge in [0.1, 0.15) is 5.75 Å². The van der Waals surface area contributed by atoms with Crippen molar-refractivity contribution in [2.24, 2.45) is 5.16 Å². The van der Waals surface area contributed by atoms with Crippen molar-refractivity contribution in [3.8, 4) is 5.75 Å². The smallest absolute Gasteiger partial charge is 0.267 e. The Labute approximate surface area is 176 Å². The van der Waals surface area contributed by atoms with Gasteiger partial charge in [0.15, 0.2) is 0 Å². The van der Waals surface area contributed by atoms with E-state index >= 15 is 0 Å². The Morgan fingerprint density at radius 2 is 1.50 bits per heavy atom. The molecule has 0 saturated heterocycles. The fourth-order valence-corrected chi connectivity index (χ4v) is 3.49. The average Bonchev–Trinajstić information content (AvgIpc) is 3.30. The minimum atomic E-state index is -0.616.